The number of alkyl halides is 3. The van der Waals surface area contributed by atoms with Gasteiger partial charge in [0.1, 0.15) is 17.2 Å². The largest absolute Gasteiger partial charge is 0.495 e. The Morgan fingerprint density at radius 2 is 1.95 bits per heavy atom. The number of benzene rings is 2. The van der Waals surface area contributed by atoms with Crippen LogP contribution < -0.4 is 20.1 Å². The molecule has 0 unspecified atom stereocenters. The summed E-state index contributed by atoms with van der Waals surface area (Å²) in [6.45, 7) is 2.46. The zero-order valence-corrected chi connectivity index (χ0v) is 22.2. The smallest absolute Gasteiger partial charge is 0.433 e. The van der Waals surface area contributed by atoms with Crippen molar-refractivity contribution in [2.24, 2.45) is 10.7 Å². The first-order valence-electron chi connectivity index (χ1n) is 11.6. The first-order valence-corrected chi connectivity index (χ1v) is 12.0. The molecule has 1 heterocycles. The number of methoxy groups -OCH3 is 1. The first kappa shape index (κ1) is 28.9. The van der Waals surface area contributed by atoms with Crippen LogP contribution in [-0.2, 0) is 6.18 Å². The lowest BCUT2D eigenvalue weighted by molar-refractivity contribution is -0.141. The molecule has 2 N–H and O–H groups in total. The van der Waals surface area contributed by atoms with Crippen LogP contribution in [0.4, 0.5) is 18.9 Å². The molecular weight excluding hydrogens is 521 g/mol. The summed E-state index contributed by atoms with van der Waals surface area (Å²) < 4.78 is 51.3. The maximum Gasteiger partial charge on any atom is 0.433 e. The van der Waals surface area contributed by atoms with Crippen LogP contribution in [0.5, 0.6) is 11.5 Å². The molecule has 0 atom stereocenters. The van der Waals surface area contributed by atoms with E-state index in [1.54, 1.807) is 13.1 Å². The molecular formula is C27H28ClF3N4O3. The van der Waals surface area contributed by atoms with Crippen molar-refractivity contribution in [2.75, 3.05) is 39.3 Å². The summed E-state index contributed by atoms with van der Waals surface area (Å²) >= 11 is 6.58. The maximum absolute atomic E-state index is 13.8. The van der Waals surface area contributed by atoms with E-state index in [1.165, 1.54) is 37.4 Å². The fraction of sp³-hybridized carbons (Fsp3) is 0.296. The zero-order valence-electron chi connectivity index (χ0n) is 21.4. The van der Waals surface area contributed by atoms with Gasteiger partial charge in [0.25, 0.3) is 5.91 Å². The van der Waals surface area contributed by atoms with E-state index in [9.17, 15) is 18.0 Å². The van der Waals surface area contributed by atoms with Gasteiger partial charge in [-0.2, -0.15) is 13.2 Å². The van der Waals surface area contributed by atoms with Gasteiger partial charge in [-0.25, -0.2) is 0 Å². The minimum Gasteiger partial charge on any atom is -0.495 e. The van der Waals surface area contributed by atoms with Crippen molar-refractivity contribution in [3.8, 4) is 22.6 Å². The fourth-order valence-electron chi connectivity index (χ4n) is 3.92. The number of pyridine rings is 1. The van der Waals surface area contributed by atoms with Crippen LogP contribution in [0.3, 0.4) is 0 Å². The number of rotatable bonds is 9. The predicted molar refractivity (Wildman–Crippen MR) is 143 cm³/mol. The summed E-state index contributed by atoms with van der Waals surface area (Å²) in [7, 11) is 4.54. The van der Waals surface area contributed by atoms with Crippen LogP contribution in [0, 0.1) is 6.92 Å². The first-order chi connectivity index (χ1) is 18.0. The maximum atomic E-state index is 13.8. The Balaban J connectivity index is 2.20. The standard InChI is InChI=1S/C27H28ClF3N4O3/c1-16-7-5-8-22(37-4)25(16)35(3)26(36)19-12-18(21(28)13-23(19)38-10-6-9-32)20-15-34-24(27(29,30)31)11-17(20)14-33-2/h5,7-8,11-15H,6,9-10,32H2,1-4H3/b33-14+. The Morgan fingerprint density at radius 3 is 2.58 bits per heavy atom. The molecule has 38 heavy (non-hydrogen) atoms. The number of carbonyl (C=O) groups excluding carboxylic acids is 1. The van der Waals surface area contributed by atoms with Crippen LogP contribution >= 0.6 is 11.6 Å². The van der Waals surface area contributed by atoms with Gasteiger partial charge in [-0.15, -0.1) is 0 Å². The molecule has 0 aliphatic rings. The van der Waals surface area contributed by atoms with Gasteiger partial charge < -0.3 is 20.1 Å². The van der Waals surface area contributed by atoms with E-state index in [1.807, 2.05) is 19.1 Å². The van der Waals surface area contributed by atoms with E-state index in [4.69, 9.17) is 26.8 Å². The number of hydrogen-bond acceptors (Lipinski definition) is 6. The average Bonchev–Trinajstić information content (AvgIpc) is 2.88. The number of amides is 1. The van der Waals surface area contributed by atoms with Crippen LogP contribution in [0.1, 0.15) is 33.6 Å². The highest BCUT2D eigenvalue weighted by Crippen LogP contribution is 2.39. The van der Waals surface area contributed by atoms with Crippen LogP contribution in [0.25, 0.3) is 11.1 Å². The van der Waals surface area contributed by atoms with E-state index in [2.05, 4.69) is 9.98 Å². The van der Waals surface area contributed by atoms with Crippen molar-refractivity contribution in [1.82, 2.24) is 4.98 Å². The van der Waals surface area contributed by atoms with Gasteiger partial charge in [0.2, 0.25) is 0 Å². The predicted octanol–water partition coefficient (Wildman–Crippen LogP) is 5.79. The fourth-order valence-corrected chi connectivity index (χ4v) is 4.17. The van der Waals surface area contributed by atoms with Gasteiger partial charge in [-0.05, 0) is 43.7 Å². The molecule has 3 aromatic rings. The van der Waals surface area contributed by atoms with E-state index < -0.39 is 17.8 Å². The van der Waals surface area contributed by atoms with Gasteiger partial charge >= 0.3 is 6.18 Å². The Morgan fingerprint density at radius 1 is 1.21 bits per heavy atom. The molecule has 3 rings (SSSR count). The minimum absolute atomic E-state index is 0.140. The number of carbonyl (C=O) groups is 1. The van der Waals surface area contributed by atoms with Crippen molar-refractivity contribution < 1.29 is 27.4 Å². The number of aryl methyl sites for hydroxylation is 1. The van der Waals surface area contributed by atoms with Gasteiger partial charge in [0, 0.05) is 49.3 Å². The number of nitrogens with two attached hydrogens (primary N) is 1. The van der Waals surface area contributed by atoms with Crippen LogP contribution in [0.2, 0.25) is 5.02 Å². The molecule has 0 saturated heterocycles. The highest BCUT2D eigenvalue weighted by Gasteiger charge is 2.33. The molecule has 0 aliphatic carbocycles. The summed E-state index contributed by atoms with van der Waals surface area (Å²) in [5, 5.41) is 0.160. The van der Waals surface area contributed by atoms with Gasteiger partial charge in [-0.1, -0.05) is 23.7 Å². The van der Waals surface area contributed by atoms with E-state index >= 15 is 0 Å². The molecule has 1 amide bonds. The molecule has 7 nitrogen and oxygen atoms in total. The van der Waals surface area contributed by atoms with Crippen LogP contribution in [-0.4, -0.2) is 51.5 Å². The lowest BCUT2D eigenvalue weighted by Gasteiger charge is -2.24. The molecule has 202 valence electrons. The lowest BCUT2D eigenvalue weighted by atomic mass is 9.98. The summed E-state index contributed by atoms with van der Waals surface area (Å²) in [6, 6.07) is 9.23. The second kappa shape index (κ2) is 12.3. The number of anilines is 1. The molecule has 0 fully saturated rings. The Hall–Kier alpha value is -3.63. The monoisotopic (exact) mass is 548 g/mol. The van der Waals surface area contributed by atoms with Crippen LogP contribution in [0.15, 0.2) is 47.6 Å². The topological polar surface area (TPSA) is 90.0 Å². The number of hydrogen-bond donors (Lipinski definition) is 1. The summed E-state index contributed by atoms with van der Waals surface area (Å²) in [5.74, 6) is 0.264. The highest BCUT2D eigenvalue weighted by molar-refractivity contribution is 6.34. The highest BCUT2D eigenvalue weighted by atomic mass is 35.5. The number of aliphatic imine (C=N–C) groups is 1. The van der Waals surface area contributed by atoms with Crippen molar-refractivity contribution >= 4 is 29.4 Å². The van der Waals surface area contributed by atoms with Gasteiger partial charge in [0.15, 0.2) is 0 Å². The third-order valence-electron chi connectivity index (χ3n) is 5.75. The van der Waals surface area contributed by atoms with E-state index in [0.717, 1.165) is 17.8 Å². The van der Waals surface area contributed by atoms with Gasteiger partial charge in [0.05, 0.1) is 30.0 Å². The Kier molecular flexibility index (Phi) is 9.35. The quantitative estimate of drug-likeness (QED) is 0.270. The molecule has 0 spiro atoms. The molecule has 11 heteroatoms. The number of para-hydroxylation sites is 1. The van der Waals surface area contributed by atoms with E-state index in [-0.39, 0.29) is 34.1 Å². The Labute approximate surface area is 224 Å². The molecule has 0 saturated carbocycles. The Bertz CT molecular complexity index is 1350. The minimum atomic E-state index is -4.64. The van der Waals surface area contributed by atoms with Crippen molar-refractivity contribution in [3.63, 3.8) is 0 Å². The third kappa shape index (κ3) is 6.25. The molecule has 2 aromatic carbocycles. The summed E-state index contributed by atoms with van der Waals surface area (Å²) in [4.78, 5) is 22.7. The molecule has 0 radical (unpaired) electrons. The van der Waals surface area contributed by atoms with Crippen molar-refractivity contribution in [2.45, 2.75) is 19.5 Å². The number of aromatic nitrogens is 1. The number of nitrogens with zero attached hydrogens (tertiary/aromatic N) is 3. The second-order valence-electron chi connectivity index (χ2n) is 8.35. The lowest BCUT2D eigenvalue weighted by Crippen LogP contribution is -2.28. The zero-order chi connectivity index (χ0) is 28.0. The normalized spacial score (nSPS) is 11.6. The molecule has 1 aromatic heterocycles. The third-order valence-corrected chi connectivity index (χ3v) is 6.06. The SMILES string of the molecule is C/N=C/c1cc(C(F)(F)F)ncc1-c1cc(C(=O)N(C)c2c(C)cccc2OC)c(OCCCN)cc1Cl. The number of halogens is 4. The van der Waals surface area contributed by atoms with Gasteiger partial charge in [-0.3, -0.25) is 14.8 Å². The molecule has 0 aliphatic heterocycles. The number of ether oxygens (including phenoxy) is 2. The van der Waals surface area contributed by atoms with E-state index in [0.29, 0.717) is 30.0 Å². The summed E-state index contributed by atoms with van der Waals surface area (Å²) in [5.41, 5.74) is 6.72. The summed E-state index contributed by atoms with van der Waals surface area (Å²) in [6.07, 6.45) is -1.76. The van der Waals surface area contributed by atoms with Crippen molar-refractivity contribution in [3.05, 3.63) is 70.0 Å². The average molecular weight is 549 g/mol. The second-order valence-corrected chi connectivity index (χ2v) is 8.76. The van der Waals surface area contributed by atoms with Crippen molar-refractivity contribution in [1.29, 1.82) is 0 Å². The molecule has 0 bridgehead atoms.